The molecule has 0 aliphatic rings. The van der Waals surface area contributed by atoms with E-state index in [-0.39, 0.29) is 23.4 Å². The normalized spacial score (nSPS) is 15.2. The molecule has 0 unspecified atom stereocenters. The highest BCUT2D eigenvalue weighted by molar-refractivity contribution is 8.45. The van der Waals surface area contributed by atoms with Gasteiger partial charge in [0.15, 0.2) is 5.49 Å². The van der Waals surface area contributed by atoms with Gasteiger partial charge in [-0.2, -0.15) is 23.0 Å². The van der Waals surface area contributed by atoms with E-state index in [1.807, 2.05) is 0 Å². The van der Waals surface area contributed by atoms with Crippen molar-refractivity contribution in [3.05, 3.63) is 65.9 Å². The van der Waals surface area contributed by atoms with E-state index in [1.165, 1.54) is 0 Å². The van der Waals surface area contributed by atoms with Crippen LogP contribution < -0.4 is 11.2 Å². The second-order valence-corrected chi connectivity index (χ2v) is 8.78. The SMILES string of the molecule is N=c1cc(-c2ncccc2C(F)(F)F)cnn1C(N)=Nc1ccc(S(F)(F)(F)(F)F)cc1. The Balaban J connectivity index is 1.96. The molecule has 0 spiro atoms. The van der Waals surface area contributed by atoms with Gasteiger partial charge in [0.25, 0.3) is 0 Å². The highest BCUT2D eigenvalue weighted by Crippen LogP contribution is 3.02. The van der Waals surface area contributed by atoms with Crippen molar-refractivity contribution in [2.75, 3.05) is 0 Å². The highest BCUT2D eigenvalue weighted by Gasteiger charge is 2.65. The molecular formula is C17H12F8N6S. The number of nitrogens with one attached hydrogen (secondary N) is 1. The fraction of sp³-hybridized carbons (Fsp3) is 0.0588. The topological polar surface area (TPSA) is 92.9 Å². The average molecular weight is 484 g/mol. The number of pyridine rings is 1. The number of aliphatic imine (C=N–C) groups is 1. The summed E-state index contributed by atoms with van der Waals surface area (Å²) in [5.74, 6) is -0.543. The van der Waals surface area contributed by atoms with Crippen LogP contribution in [-0.4, -0.2) is 20.7 Å². The third-order valence-electron chi connectivity index (χ3n) is 3.96. The summed E-state index contributed by atoms with van der Waals surface area (Å²) in [6, 6.07) is 4.43. The van der Waals surface area contributed by atoms with Gasteiger partial charge in [-0.05, 0) is 42.5 Å². The summed E-state index contributed by atoms with van der Waals surface area (Å²) in [5.41, 5.74) is 3.21. The van der Waals surface area contributed by atoms with E-state index in [4.69, 9.17) is 11.1 Å². The molecule has 15 heteroatoms. The number of nitrogens with two attached hydrogens (primary N) is 1. The van der Waals surface area contributed by atoms with Crippen LogP contribution in [0, 0.1) is 5.41 Å². The van der Waals surface area contributed by atoms with E-state index in [0.717, 1.165) is 30.6 Å². The molecule has 0 aliphatic heterocycles. The number of aromatic nitrogens is 3. The molecule has 0 aliphatic carbocycles. The van der Waals surface area contributed by atoms with E-state index in [9.17, 15) is 32.6 Å². The standard InChI is InChI=1S/C17H12F8N6S/c18-17(19,20)13-2-1-7-28-15(13)10-8-14(26)31(29-9-10)16(27)30-11-3-5-12(6-4-11)32(21,22,23,24)25/h1-9,26H,(H2,27,30). The molecule has 3 rings (SSSR count). The molecule has 172 valence electrons. The highest BCUT2D eigenvalue weighted by atomic mass is 32.5. The van der Waals surface area contributed by atoms with Crippen LogP contribution >= 0.6 is 10.2 Å². The summed E-state index contributed by atoms with van der Waals surface area (Å²) in [6.07, 6.45) is -2.64. The zero-order valence-electron chi connectivity index (χ0n) is 15.5. The lowest BCUT2D eigenvalue weighted by Crippen LogP contribution is -2.34. The van der Waals surface area contributed by atoms with Crippen molar-refractivity contribution in [1.29, 1.82) is 5.41 Å². The first-order chi connectivity index (χ1) is 14.5. The van der Waals surface area contributed by atoms with Crippen molar-refractivity contribution in [1.82, 2.24) is 14.8 Å². The molecule has 1 aromatic carbocycles. The number of hydrogen-bond acceptors (Lipinski definition) is 4. The number of rotatable bonds is 3. The van der Waals surface area contributed by atoms with E-state index in [1.54, 1.807) is 0 Å². The monoisotopic (exact) mass is 484 g/mol. The summed E-state index contributed by atoms with van der Waals surface area (Å²) in [6.45, 7) is 0. The quantitative estimate of drug-likeness (QED) is 0.288. The Morgan fingerprint density at radius 2 is 1.66 bits per heavy atom. The van der Waals surface area contributed by atoms with Crippen LogP contribution in [0.1, 0.15) is 5.56 Å². The van der Waals surface area contributed by atoms with Crippen molar-refractivity contribution in [3.63, 3.8) is 0 Å². The van der Waals surface area contributed by atoms with Crippen molar-refractivity contribution in [2.24, 2.45) is 10.7 Å². The Kier molecular flexibility index (Phi) is 4.89. The number of alkyl halides is 3. The summed E-state index contributed by atoms with van der Waals surface area (Å²) < 4.78 is 104. The molecule has 3 aromatic rings. The average Bonchev–Trinajstić information content (AvgIpc) is 2.65. The first-order valence-corrected chi connectivity index (χ1v) is 10.3. The molecule has 0 bridgehead atoms. The van der Waals surface area contributed by atoms with Crippen LogP contribution in [0.25, 0.3) is 11.3 Å². The lowest BCUT2D eigenvalue weighted by molar-refractivity contribution is -0.137. The number of nitrogens with zero attached hydrogens (tertiary/aromatic N) is 4. The molecule has 0 atom stereocenters. The van der Waals surface area contributed by atoms with Crippen LogP contribution in [0.4, 0.5) is 38.3 Å². The van der Waals surface area contributed by atoms with Crippen LogP contribution in [0.3, 0.4) is 0 Å². The molecule has 0 amide bonds. The van der Waals surface area contributed by atoms with Crippen molar-refractivity contribution in [3.8, 4) is 11.3 Å². The molecule has 2 aromatic heterocycles. The van der Waals surface area contributed by atoms with E-state index in [0.29, 0.717) is 16.8 Å². The Labute approximate surface area is 174 Å². The van der Waals surface area contributed by atoms with E-state index < -0.39 is 44.0 Å². The molecule has 0 saturated heterocycles. The lowest BCUT2D eigenvalue weighted by atomic mass is 10.1. The Hall–Kier alpha value is -3.49. The van der Waals surface area contributed by atoms with Crippen molar-refractivity contribution < 1.29 is 32.6 Å². The maximum absolute atomic E-state index is 13.2. The van der Waals surface area contributed by atoms with E-state index in [2.05, 4.69) is 15.1 Å². The van der Waals surface area contributed by atoms with Gasteiger partial charge < -0.3 is 5.73 Å². The summed E-state index contributed by atoms with van der Waals surface area (Å²) in [5, 5.41) is 11.7. The first-order valence-electron chi connectivity index (χ1n) is 8.31. The maximum atomic E-state index is 13.2. The fourth-order valence-corrected chi connectivity index (χ4v) is 3.21. The summed E-state index contributed by atoms with van der Waals surface area (Å²) >= 11 is 0. The number of halogens is 8. The third kappa shape index (κ3) is 5.04. The lowest BCUT2D eigenvalue weighted by Gasteiger charge is -2.40. The Morgan fingerprint density at radius 3 is 2.19 bits per heavy atom. The zero-order valence-corrected chi connectivity index (χ0v) is 16.3. The van der Waals surface area contributed by atoms with Crippen LogP contribution in [0.2, 0.25) is 0 Å². The number of hydrogen-bond donors (Lipinski definition) is 2. The van der Waals surface area contributed by atoms with Crippen molar-refractivity contribution in [2.45, 2.75) is 11.1 Å². The Bertz CT molecular complexity index is 1260. The molecule has 0 saturated carbocycles. The van der Waals surface area contributed by atoms with Gasteiger partial charge in [0.05, 0.1) is 23.1 Å². The van der Waals surface area contributed by atoms with Crippen molar-refractivity contribution >= 4 is 21.9 Å². The first kappa shape index (κ1) is 23.2. The second-order valence-electron chi connectivity index (χ2n) is 6.37. The van der Waals surface area contributed by atoms with Gasteiger partial charge in [0, 0.05) is 11.8 Å². The molecule has 6 nitrogen and oxygen atoms in total. The van der Waals surface area contributed by atoms with Gasteiger partial charge in [-0.3, -0.25) is 10.4 Å². The predicted octanol–water partition coefficient (Wildman–Crippen LogP) is 5.60. The van der Waals surface area contributed by atoms with Gasteiger partial charge >= 0.3 is 16.4 Å². The van der Waals surface area contributed by atoms with Crippen LogP contribution in [0.5, 0.6) is 0 Å². The zero-order chi connectivity index (χ0) is 24.0. The minimum Gasteiger partial charge on any atom is -0.368 e. The van der Waals surface area contributed by atoms with Gasteiger partial charge in [-0.25, -0.2) is 4.99 Å². The second kappa shape index (κ2) is 6.75. The minimum absolute atomic E-state index is 0.135. The number of benzene rings is 1. The van der Waals surface area contributed by atoms with Gasteiger partial charge in [0.1, 0.15) is 4.90 Å². The third-order valence-corrected chi connectivity index (χ3v) is 5.13. The van der Waals surface area contributed by atoms with Gasteiger partial charge in [-0.1, -0.05) is 19.4 Å². The van der Waals surface area contributed by atoms with Crippen LogP contribution in [0.15, 0.2) is 64.7 Å². The molecular weight excluding hydrogens is 472 g/mol. The summed E-state index contributed by atoms with van der Waals surface area (Å²) in [4.78, 5) is 5.26. The van der Waals surface area contributed by atoms with Crippen LogP contribution in [-0.2, 0) is 6.18 Å². The fourth-order valence-electron chi connectivity index (χ4n) is 2.56. The van der Waals surface area contributed by atoms with E-state index >= 15 is 0 Å². The molecule has 2 heterocycles. The van der Waals surface area contributed by atoms with Gasteiger partial charge in [0.2, 0.25) is 5.96 Å². The largest absolute Gasteiger partial charge is 0.418 e. The maximum Gasteiger partial charge on any atom is 0.418 e. The molecule has 0 fully saturated rings. The van der Waals surface area contributed by atoms with Gasteiger partial charge in [-0.15, -0.1) is 0 Å². The molecule has 0 radical (unpaired) electrons. The predicted molar refractivity (Wildman–Crippen MR) is 101 cm³/mol. The Morgan fingerprint density at radius 1 is 1.03 bits per heavy atom. The smallest absolute Gasteiger partial charge is 0.368 e. The molecule has 3 N–H and O–H groups in total. The minimum atomic E-state index is -9.85. The molecule has 32 heavy (non-hydrogen) atoms. The summed E-state index contributed by atoms with van der Waals surface area (Å²) in [7, 11) is -9.85.